The predicted octanol–water partition coefficient (Wildman–Crippen LogP) is 3.71. The van der Waals surface area contributed by atoms with Crippen LogP contribution in [0.2, 0.25) is 0 Å². The second kappa shape index (κ2) is 5.03. The second-order valence-corrected chi connectivity index (χ2v) is 6.13. The molecule has 0 N–H and O–H groups in total. The zero-order valence-electron chi connectivity index (χ0n) is 12.9. The maximum atomic E-state index is 13.0. The molecule has 24 heavy (non-hydrogen) atoms. The Morgan fingerprint density at radius 1 is 0.917 bits per heavy atom. The van der Waals surface area contributed by atoms with Crippen LogP contribution in [0.1, 0.15) is 0 Å². The number of hydrogen-bond donors (Lipinski definition) is 0. The first-order valence-electron chi connectivity index (χ1n) is 8.01. The predicted molar refractivity (Wildman–Crippen MR) is 93.0 cm³/mol. The number of nitrogens with zero attached hydrogens (tertiary/aromatic N) is 4. The molecular weight excluding hydrogens is 303 g/mol. The van der Waals surface area contributed by atoms with Gasteiger partial charge in [-0.05, 0) is 30.3 Å². The first-order chi connectivity index (χ1) is 11.8. The summed E-state index contributed by atoms with van der Waals surface area (Å²) in [4.78, 5) is 11.3. The van der Waals surface area contributed by atoms with Gasteiger partial charge in [-0.1, -0.05) is 24.3 Å². The van der Waals surface area contributed by atoms with E-state index in [1.54, 1.807) is 0 Å². The van der Waals surface area contributed by atoms with Crippen molar-refractivity contribution in [3.63, 3.8) is 0 Å². The molecule has 1 fully saturated rings. The van der Waals surface area contributed by atoms with Crippen molar-refractivity contribution >= 4 is 22.5 Å². The molecule has 4 aromatic rings. The van der Waals surface area contributed by atoms with Crippen LogP contribution in [0.3, 0.4) is 0 Å². The standard InChI is InChI=1S/C19H15FN4/c20-14-11-23(12-14)15-7-5-13(6-8-15)16-9-10-24-18-4-2-1-3-17(18)22-19(24)21-16/h1-10,14H,11-12H2. The Bertz CT molecular complexity index is 1030. The van der Waals surface area contributed by atoms with Gasteiger partial charge in [0.15, 0.2) is 0 Å². The lowest BCUT2D eigenvalue weighted by Gasteiger charge is -2.36. The summed E-state index contributed by atoms with van der Waals surface area (Å²) in [5.41, 5.74) is 4.97. The van der Waals surface area contributed by atoms with Crippen LogP contribution in [0.25, 0.3) is 28.1 Å². The minimum Gasteiger partial charge on any atom is -0.366 e. The van der Waals surface area contributed by atoms with Crippen molar-refractivity contribution in [3.05, 3.63) is 60.8 Å². The molecule has 0 amide bonds. The topological polar surface area (TPSA) is 33.4 Å². The molecule has 0 atom stereocenters. The largest absolute Gasteiger partial charge is 0.366 e. The molecule has 0 spiro atoms. The van der Waals surface area contributed by atoms with Crippen molar-refractivity contribution in [1.82, 2.24) is 14.4 Å². The van der Waals surface area contributed by atoms with Gasteiger partial charge >= 0.3 is 0 Å². The van der Waals surface area contributed by atoms with E-state index < -0.39 is 6.17 Å². The lowest BCUT2D eigenvalue weighted by Crippen LogP contribution is -2.48. The molecule has 2 aromatic carbocycles. The van der Waals surface area contributed by atoms with Crippen LogP contribution in [0, 0.1) is 0 Å². The highest BCUT2D eigenvalue weighted by atomic mass is 19.1. The van der Waals surface area contributed by atoms with Gasteiger partial charge in [-0.25, -0.2) is 14.4 Å². The number of para-hydroxylation sites is 2. The summed E-state index contributed by atoms with van der Waals surface area (Å²) in [5.74, 6) is 0.695. The minimum atomic E-state index is -0.691. The quantitative estimate of drug-likeness (QED) is 0.565. The number of benzene rings is 2. The smallest absolute Gasteiger partial charge is 0.235 e. The van der Waals surface area contributed by atoms with Gasteiger partial charge in [0.1, 0.15) is 6.17 Å². The molecule has 3 heterocycles. The van der Waals surface area contributed by atoms with Crippen LogP contribution < -0.4 is 4.90 Å². The summed E-state index contributed by atoms with van der Waals surface area (Å²) in [6.07, 6.45) is 1.31. The van der Waals surface area contributed by atoms with Crippen LogP contribution in [0.5, 0.6) is 0 Å². The number of imidazole rings is 1. The van der Waals surface area contributed by atoms with E-state index >= 15 is 0 Å². The molecule has 1 aliphatic rings. The van der Waals surface area contributed by atoms with Crippen LogP contribution in [-0.4, -0.2) is 33.6 Å². The molecule has 2 aromatic heterocycles. The Morgan fingerprint density at radius 3 is 2.50 bits per heavy atom. The van der Waals surface area contributed by atoms with Gasteiger partial charge in [0, 0.05) is 17.4 Å². The molecule has 5 heteroatoms. The summed E-state index contributed by atoms with van der Waals surface area (Å²) in [6, 6.07) is 18.1. The van der Waals surface area contributed by atoms with Gasteiger partial charge in [-0.3, -0.25) is 4.40 Å². The number of fused-ring (bicyclic) bond motifs is 3. The lowest BCUT2D eigenvalue weighted by atomic mass is 10.1. The van der Waals surface area contributed by atoms with E-state index in [-0.39, 0.29) is 0 Å². The highest BCUT2D eigenvalue weighted by molar-refractivity contribution is 5.80. The third-order valence-electron chi connectivity index (χ3n) is 4.54. The molecule has 1 aliphatic heterocycles. The fraction of sp³-hybridized carbons (Fsp3) is 0.158. The number of hydrogen-bond acceptors (Lipinski definition) is 3. The van der Waals surface area contributed by atoms with E-state index in [9.17, 15) is 4.39 Å². The third-order valence-corrected chi connectivity index (χ3v) is 4.54. The summed E-state index contributed by atoms with van der Waals surface area (Å²) >= 11 is 0. The number of anilines is 1. The van der Waals surface area contributed by atoms with Gasteiger partial charge in [0.2, 0.25) is 5.78 Å². The van der Waals surface area contributed by atoms with Crippen LogP contribution in [0.4, 0.5) is 10.1 Å². The van der Waals surface area contributed by atoms with Crippen molar-refractivity contribution in [2.75, 3.05) is 18.0 Å². The molecule has 0 unspecified atom stereocenters. The van der Waals surface area contributed by atoms with Crippen LogP contribution in [-0.2, 0) is 0 Å². The molecular formula is C19H15FN4. The van der Waals surface area contributed by atoms with E-state index in [0.29, 0.717) is 18.9 Å². The minimum absolute atomic E-state index is 0.490. The fourth-order valence-corrected chi connectivity index (χ4v) is 3.19. The molecule has 0 aliphatic carbocycles. The van der Waals surface area contributed by atoms with Crippen molar-refractivity contribution < 1.29 is 4.39 Å². The molecule has 0 saturated carbocycles. The zero-order chi connectivity index (χ0) is 16.1. The number of alkyl halides is 1. The van der Waals surface area contributed by atoms with Gasteiger partial charge in [0.25, 0.3) is 0 Å². The van der Waals surface area contributed by atoms with E-state index in [0.717, 1.165) is 28.0 Å². The first-order valence-corrected chi connectivity index (χ1v) is 8.01. The molecule has 4 nitrogen and oxygen atoms in total. The van der Waals surface area contributed by atoms with E-state index in [2.05, 4.69) is 9.97 Å². The van der Waals surface area contributed by atoms with E-state index in [1.165, 1.54) is 0 Å². The number of halogens is 1. The highest BCUT2D eigenvalue weighted by Gasteiger charge is 2.26. The Morgan fingerprint density at radius 2 is 1.71 bits per heavy atom. The van der Waals surface area contributed by atoms with E-state index in [4.69, 9.17) is 0 Å². The monoisotopic (exact) mass is 318 g/mol. The fourth-order valence-electron chi connectivity index (χ4n) is 3.19. The number of rotatable bonds is 2. The maximum Gasteiger partial charge on any atom is 0.235 e. The van der Waals surface area contributed by atoms with Crippen LogP contribution >= 0.6 is 0 Å². The normalized spacial score (nSPS) is 15.1. The Balaban J connectivity index is 1.52. The first kappa shape index (κ1) is 13.5. The molecule has 0 bridgehead atoms. The van der Waals surface area contributed by atoms with Gasteiger partial charge < -0.3 is 4.90 Å². The Labute approximate surface area is 138 Å². The third kappa shape index (κ3) is 2.05. The summed E-state index contributed by atoms with van der Waals surface area (Å²) in [6.45, 7) is 0.981. The summed E-state index contributed by atoms with van der Waals surface area (Å²) < 4.78 is 15.0. The van der Waals surface area contributed by atoms with Crippen molar-refractivity contribution in [2.45, 2.75) is 6.17 Å². The van der Waals surface area contributed by atoms with Crippen molar-refractivity contribution in [1.29, 1.82) is 0 Å². The summed E-state index contributed by atoms with van der Waals surface area (Å²) in [7, 11) is 0. The maximum absolute atomic E-state index is 13.0. The average Bonchev–Trinajstić information content (AvgIpc) is 2.97. The van der Waals surface area contributed by atoms with Crippen molar-refractivity contribution in [3.8, 4) is 11.3 Å². The molecule has 5 rings (SSSR count). The Kier molecular flexibility index (Phi) is 2.82. The van der Waals surface area contributed by atoms with Crippen LogP contribution in [0.15, 0.2) is 60.8 Å². The number of aromatic nitrogens is 3. The second-order valence-electron chi connectivity index (χ2n) is 6.13. The van der Waals surface area contributed by atoms with Gasteiger partial charge in [0.05, 0.1) is 29.8 Å². The van der Waals surface area contributed by atoms with E-state index in [1.807, 2.05) is 70.1 Å². The molecule has 118 valence electrons. The summed E-state index contributed by atoms with van der Waals surface area (Å²) in [5, 5.41) is 0. The molecule has 1 saturated heterocycles. The molecule has 0 radical (unpaired) electrons. The SMILES string of the molecule is FC1CN(c2ccc(-c3ccn4c(n3)nc3ccccc34)cc2)C1. The zero-order valence-corrected chi connectivity index (χ0v) is 12.9. The van der Waals surface area contributed by atoms with Gasteiger partial charge in [-0.2, -0.15) is 0 Å². The average molecular weight is 318 g/mol. The lowest BCUT2D eigenvalue weighted by molar-refractivity contribution is 0.275. The highest BCUT2D eigenvalue weighted by Crippen LogP contribution is 2.26. The van der Waals surface area contributed by atoms with Crippen molar-refractivity contribution in [2.24, 2.45) is 0 Å². The Hall–Kier alpha value is -2.95. The van der Waals surface area contributed by atoms with Gasteiger partial charge in [-0.15, -0.1) is 0 Å².